The molecule has 318 valence electrons. The molecule has 0 heterocycles. The normalized spacial score (nSPS) is 13.2. The Morgan fingerprint density at radius 3 is 1.19 bits per heavy atom. The van der Waals surface area contributed by atoms with Crippen LogP contribution in [0.25, 0.3) is 0 Å². The van der Waals surface area contributed by atoms with Crippen molar-refractivity contribution in [1.82, 2.24) is 0 Å². The second-order valence-electron chi connectivity index (χ2n) is 13.7. The maximum atomic E-state index is 13.1. The van der Waals surface area contributed by atoms with Crippen molar-refractivity contribution in [2.75, 3.05) is 21.3 Å². The van der Waals surface area contributed by atoms with Crippen molar-refractivity contribution in [2.45, 2.75) is 50.5 Å². The molecule has 5 rings (SSSR count). The first kappa shape index (κ1) is 46.7. The van der Waals surface area contributed by atoms with Crippen LogP contribution in [-0.2, 0) is 19.2 Å². The smallest absolute Gasteiger partial charge is 0.258 e. The largest absolute Gasteiger partial charge is 0.324 e. The van der Waals surface area contributed by atoms with Gasteiger partial charge in [0.15, 0.2) is 11.6 Å². The van der Waals surface area contributed by atoms with E-state index in [4.69, 9.17) is 46.4 Å². The molecule has 18 heteroatoms. The van der Waals surface area contributed by atoms with Crippen LogP contribution in [0.1, 0.15) is 70.3 Å². The minimum atomic E-state index is -1.55. The van der Waals surface area contributed by atoms with Crippen molar-refractivity contribution in [2.24, 2.45) is 20.5 Å². The first-order valence-corrected chi connectivity index (χ1v) is 20.4. The third-order valence-corrected chi connectivity index (χ3v) is 10.0. The summed E-state index contributed by atoms with van der Waals surface area (Å²) in [5.74, 6) is -3.86. The van der Waals surface area contributed by atoms with E-state index in [0.717, 1.165) is 11.1 Å². The Hall–Kier alpha value is -6.32. The molecule has 4 atom stereocenters. The van der Waals surface area contributed by atoms with Gasteiger partial charge < -0.3 is 21.3 Å². The number of ketones is 2. The lowest BCUT2D eigenvalue weighted by molar-refractivity contribution is -0.127. The van der Waals surface area contributed by atoms with Gasteiger partial charge in [-0.25, -0.2) is 0 Å². The van der Waals surface area contributed by atoms with Crippen molar-refractivity contribution >= 4 is 116 Å². The van der Waals surface area contributed by atoms with Crippen molar-refractivity contribution in [3.63, 3.8) is 0 Å². The van der Waals surface area contributed by atoms with Gasteiger partial charge in [-0.3, -0.25) is 28.8 Å². The molecule has 0 radical (unpaired) electrons. The molecule has 0 saturated heterocycles. The lowest BCUT2D eigenvalue weighted by atomic mass is 10.1. The van der Waals surface area contributed by atoms with Crippen LogP contribution in [0, 0.1) is 0 Å². The molecule has 62 heavy (non-hydrogen) atoms. The summed E-state index contributed by atoms with van der Waals surface area (Å²) in [7, 11) is 0. The highest BCUT2D eigenvalue weighted by atomic mass is 35.5. The Bertz CT molecular complexity index is 2410. The number of hydrogen-bond acceptors (Lipinski definition) is 10. The highest BCUT2D eigenvalue weighted by Crippen LogP contribution is 2.28. The number of benzene rings is 5. The molecular formula is C44H38Cl4N8O6. The molecule has 0 aliphatic heterocycles. The minimum absolute atomic E-state index is 0.0823. The quantitative estimate of drug-likeness (QED) is 0.0431. The fraction of sp³-hybridized carbons (Fsp3) is 0.182. The monoisotopic (exact) mass is 914 g/mol. The van der Waals surface area contributed by atoms with Crippen LogP contribution in [0.2, 0.25) is 10.0 Å². The summed E-state index contributed by atoms with van der Waals surface area (Å²) < 4.78 is 0. The van der Waals surface area contributed by atoms with Crippen LogP contribution in [0.4, 0.5) is 34.1 Å². The van der Waals surface area contributed by atoms with Gasteiger partial charge in [0.1, 0.15) is 0 Å². The van der Waals surface area contributed by atoms with Crippen LogP contribution in [0.5, 0.6) is 0 Å². The van der Waals surface area contributed by atoms with E-state index in [1.807, 2.05) is 26.0 Å². The number of halogens is 4. The summed E-state index contributed by atoms with van der Waals surface area (Å²) in [6.07, 6.45) is 0. The lowest BCUT2D eigenvalue weighted by Gasteiger charge is -2.12. The summed E-state index contributed by atoms with van der Waals surface area (Å²) >= 11 is 25.0. The summed E-state index contributed by atoms with van der Waals surface area (Å²) in [6.45, 7) is 5.96. The molecule has 0 fully saturated rings. The van der Waals surface area contributed by atoms with E-state index in [0.29, 0.717) is 11.4 Å². The van der Waals surface area contributed by atoms with Gasteiger partial charge in [0.2, 0.25) is 12.1 Å². The lowest BCUT2D eigenvalue weighted by Crippen LogP contribution is -2.32. The van der Waals surface area contributed by atoms with Crippen molar-refractivity contribution in [3.8, 4) is 0 Å². The number of alkyl halides is 2. The fourth-order valence-electron chi connectivity index (χ4n) is 5.57. The van der Waals surface area contributed by atoms with Gasteiger partial charge in [-0.15, -0.1) is 23.2 Å². The van der Waals surface area contributed by atoms with Gasteiger partial charge in [0.05, 0.1) is 43.3 Å². The first-order valence-electron chi connectivity index (χ1n) is 18.7. The van der Waals surface area contributed by atoms with Crippen LogP contribution in [0.15, 0.2) is 130 Å². The maximum Gasteiger partial charge on any atom is 0.258 e. The number of hydrogen-bond donors (Lipinski definition) is 4. The summed E-state index contributed by atoms with van der Waals surface area (Å²) in [5, 5.41) is 26.4. The van der Waals surface area contributed by atoms with Crippen molar-refractivity contribution < 1.29 is 28.8 Å². The predicted octanol–water partition coefficient (Wildman–Crippen LogP) is 11.5. The Balaban J connectivity index is 1.20. The van der Waals surface area contributed by atoms with Gasteiger partial charge in [-0.1, -0.05) is 47.5 Å². The molecule has 0 aliphatic rings. The maximum absolute atomic E-state index is 13.1. The molecule has 0 aliphatic carbocycles. The second-order valence-corrected chi connectivity index (χ2v) is 15.9. The van der Waals surface area contributed by atoms with Crippen molar-refractivity contribution in [1.29, 1.82) is 0 Å². The van der Waals surface area contributed by atoms with Gasteiger partial charge in [-0.05, 0) is 124 Å². The third-order valence-electron chi connectivity index (χ3n) is 8.86. The third kappa shape index (κ3) is 12.8. The number of azo groups is 2. The Morgan fingerprint density at radius 1 is 0.484 bits per heavy atom. The Kier molecular flexibility index (Phi) is 16.2. The first-order chi connectivity index (χ1) is 29.5. The molecule has 4 unspecified atom stereocenters. The highest BCUT2D eigenvalue weighted by molar-refractivity contribution is 6.35. The second kappa shape index (κ2) is 21.5. The van der Waals surface area contributed by atoms with E-state index in [9.17, 15) is 28.8 Å². The average Bonchev–Trinajstić information content (AvgIpc) is 3.22. The number of nitrogens with zero attached hydrogens (tertiary/aromatic N) is 4. The number of nitrogens with one attached hydrogen (secondary N) is 4. The van der Waals surface area contributed by atoms with Crippen LogP contribution in [0.3, 0.4) is 0 Å². The molecule has 0 spiro atoms. The fourth-order valence-corrected chi connectivity index (χ4v) is 6.25. The summed E-state index contributed by atoms with van der Waals surface area (Å²) in [6, 6.07) is 25.3. The number of amides is 4. The van der Waals surface area contributed by atoms with E-state index < -0.39 is 47.3 Å². The van der Waals surface area contributed by atoms with Gasteiger partial charge in [-0.2, -0.15) is 20.5 Å². The molecule has 0 bridgehead atoms. The summed E-state index contributed by atoms with van der Waals surface area (Å²) in [4.78, 5) is 77.4. The molecule has 5 aromatic rings. The van der Waals surface area contributed by atoms with E-state index in [1.165, 1.54) is 74.5 Å². The molecule has 14 nitrogen and oxygen atoms in total. The van der Waals surface area contributed by atoms with E-state index in [2.05, 4.69) is 41.7 Å². The van der Waals surface area contributed by atoms with Crippen LogP contribution in [-0.4, -0.2) is 47.3 Å². The highest BCUT2D eigenvalue weighted by Gasteiger charge is 2.25. The molecule has 0 saturated carbocycles. The van der Waals surface area contributed by atoms with E-state index >= 15 is 0 Å². The molecule has 4 amide bonds. The number of carbonyl (C=O) groups is 6. The molecular weight excluding hydrogens is 878 g/mol. The van der Waals surface area contributed by atoms with Crippen molar-refractivity contribution in [3.05, 3.63) is 141 Å². The van der Waals surface area contributed by atoms with E-state index in [-0.39, 0.29) is 54.7 Å². The standard InChI is InChI=1S/C44H38Cl4N8O6/c1-23(45)27-7-5-9-31(19-27)51-41(59)35-21-33(15-17-37(35)47)53-55-39(25(3)57)43(61)49-29-11-13-30(14-12-29)50-44(62)40(26(4)58)56-54-34-16-18-38(48)36(22-34)42(60)52-32-10-6-8-28(20-32)24(2)46/h5-24,39-40H,1-4H3,(H,49,61)(H,50,62)(H,51,59)(H,52,60). The van der Waals surface area contributed by atoms with Crippen LogP contribution < -0.4 is 21.3 Å². The Morgan fingerprint density at radius 2 is 0.855 bits per heavy atom. The number of Topliss-reactive ketones (excluding diaryl/α,β-unsaturated/α-hetero) is 2. The van der Waals surface area contributed by atoms with Crippen LogP contribution >= 0.6 is 46.4 Å². The number of anilines is 4. The van der Waals surface area contributed by atoms with Gasteiger partial charge >= 0.3 is 0 Å². The van der Waals surface area contributed by atoms with Gasteiger partial charge in [0.25, 0.3) is 23.6 Å². The Labute approximate surface area is 376 Å². The topological polar surface area (TPSA) is 200 Å². The zero-order chi connectivity index (χ0) is 45.1. The summed E-state index contributed by atoms with van der Waals surface area (Å²) in [5.41, 5.74) is 3.61. The number of rotatable bonds is 16. The molecule has 0 aromatic heterocycles. The molecule has 5 aromatic carbocycles. The predicted molar refractivity (Wildman–Crippen MR) is 242 cm³/mol. The van der Waals surface area contributed by atoms with Gasteiger partial charge in [0, 0.05) is 22.7 Å². The zero-order valence-corrected chi connectivity index (χ0v) is 36.5. The SMILES string of the molecule is CC(=O)C(N=Nc1ccc(Cl)c(C(=O)Nc2cccc(C(C)Cl)c2)c1)C(=O)Nc1ccc(NC(=O)C(N=Nc2ccc(Cl)c(C(=O)Nc3cccc(C(C)Cl)c3)c2)C(C)=O)cc1. The number of carbonyl (C=O) groups excluding carboxylic acids is 6. The zero-order valence-electron chi connectivity index (χ0n) is 33.5. The molecule has 4 N–H and O–H groups in total. The van der Waals surface area contributed by atoms with E-state index in [1.54, 1.807) is 36.4 Å². The average molecular weight is 917 g/mol. The minimum Gasteiger partial charge on any atom is -0.324 e.